The van der Waals surface area contributed by atoms with Crippen LogP contribution in [-0.2, 0) is 192 Å². The molecule has 49 nitrogen and oxygen atoms in total. The molecule has 6 rings (SSSR count). The van der Waals surface area contributed by atoms with E-state index in [4.69, 9.17) is 80.5 Å². The normalized spacial score (nSPS) is 35.5. The second-order valence-electron chi connectivity index (χ2n) is 19.6. The molecule has 0 spiro atoms. The Morgan fingerprint density at radius 3 is 1.00 bits per heavy atom. The van der Waals surface area contributed by atoms with Gasteiger partial charge in [0.2, 0.25) is 72.8 Å². The molecule has 2 bridgehead atoms. The Balaban J connectivity index is -0.00000544. The molecule has 0 aromatic heterocycles. The molecule has 6 fully saturated rings. The van der Waals surface area contributed by atoms with Gasteiger partial charge in [0.25, 0.3) is 0 Å². The van der Waals surface area contributed by atoms with E-state index >= 15 is 0 Å². The third-order valence-electron chi connectivity index (χ3n) is 14.1. The molecule has 6 aliphatic heterocycles. The number of methoxy groups -OCH3 is 7. The molecular weight excluding hydrogens is 1670 g/mol. The van der Waals surface area contributed by atoms with Crippen LogP contribution < -0.4 is 276 Å². The van der Waals surface area contributed by atoms with Crippen LogP contribution in [0.3, 0.4) is 0 Å². The van der Waals surface area contributed by atoms with Gasteiger partial charge in [-0.2, -0.15) is 0 Å². The summed E-state index contributed by atoms with van der Waals surface area (Å²) < 4.78 is 378. The topological polar surface area (TPSA) is 702 Å². The molecule has 0 amide bonds. The molecule has 550 valence electrons. The van der Waals surface area contributed by atoms with Crippen molar-refractivity contribution in [1.29, 1.82) is 0 Å². The number of rotatable bonds is 34. The summed E-state index contributed by atoms with van der Waals surface area (Å²) in [4.78, 5) is 26.5. The molecular formula is C38H53Na9O49S7. The van der Waals surface area contributed by atoms with Crippen LogP contribution in [0.25, 0.3) is 0 Å². The van der Waals surface area contributed by atoms with E-state index in [1.807, 2.05) is 0 Å². The van der Waals surface area contributed by atoms with Crippen LogP contribution in [0.1, 0.15) is 0 Å². The molecule has 6 heterocycles. The van der Waals surface area contributed by atoms with Crippen LogP contribution >= 0.6 is 0 Å². The molecule has 0 unspecified atom stereocenters. The fraction of sp³-hybridized carbons (Fsp3) is 0.947. The van der Waals surface area contributed by atoms with E-state index in [2.05, 4.69) is 29.3 Å². The number of hydrogen-bond donors (Lipinski definition) is 0. The maximum Gasteiger partial charge on any atom is 1.00 e. The van der Waals surface area contributed by atoms with Gasteiger partial charge in [-0.1, -0.05) is 0 Å². The van der Waals surface area contributed by atoms with Gasteiger partial charge in [-0.3, -0.25) is 29.3 Å². The predicted octanol–water partition coefficient (Wildman–Crippen LogP) is -40.0. The summed E-state index contributed by atoms with van der Waals surface area (Å²) in [6.45, 7) is -6.13. The summed E-state index contributed by atoms with van der Waals surface area (Å²) >= 11 is 0. The number of carbonyl (C=O) groups is 2. The first-order valence-corrected chi connectivity index (χ1v) is 34.6. The number of ether oxygens (including phenoxy) is 17. The fourth-order valence-corrected chi connectivity index (χ4v) is 13.4. The molecule has 0 saturated carbocycles. The first kappa shape index (κ1) is 116. The second-order valence-corrected chi connectivity index (χ2v) is 26.8. The minimum Gasteiger partial charge on any atom is -0.726 e. The van der Waals surface area contributed by atoms with Gasteiger partial charge in [-0.15, -0.1) is 0 Å². The van der Waals surface area contributed by atoms with Crippen molar-refractivity contribution in [3.8, 4) is 0 Å². The van der Waals surface area contributed by atoms with E-state index in [1.165, 1.54) is 0 Å². The summed E-state index contributed by atoms with van der Waals surface area (Å²) in [6, 6.07) is 0. The van der Waals surface area contributed by atoms with Crippen LogP contribution in [-0.4, -0.2) is 332 Å². The number of fused-ring (bicyclic) bond motifs is 2. The maximum atomic E-state index is 13.5. The number of carbonyl (C=O) groups excluding carboxylic acids is 2. The number of hydrogen-bond acceptors (Lipinski definition) is 49. The Hall–Kier alpha value is 6.35. The van der Waals surface area contributed by atoms with Crippen molar-refractivity contribution < 1.29 is 486 Å². The standard InChI is InChI=1S/C38H62O49S7.9Na/c1-64-15-12(8-72-88(43,44)45)76-33(25(67-4)18(15)65-2)80-20-19(66-3)26(68-5)34(81-24(20)31(39)40)78-16-14(10-74-90(49,50)51)77-35(29(87-94(61,62)63)22(16)85-92(55,56)57)82-30-23-27(69-6)36(83-38(30,11-71-23)37(41)42)79-17-13(9-73-89(46,47)48)75-32(70-7)28(86-93(58,59)60)21(17)84-91(52,53)54;;;;;;;;;/h12-30,32-36H,8-11H2,1-7H3,(H,39,40)(H,41,42)(H,43,44,45)(H,46,47,48)(H,49,50,51)(H,52,53,54)(H,55,56,57)(H,58,59,60)(H,61,62,63);;;;;;;;;/q;9*+1/p-9/t12-,13+,14-,15-,16-,17+,18-,19-,20+,21+,22-,23-,24+,25+,26+,27-,28+,29+,30+,32-,33-,34-,35-,36+,38+;;;;;;;;;/m0........./s1. The Kier molecular flexibility index (Phi) is 54.5. The van der Waals surface area contributed by atoms with Gasteiger partial charge in [0, 0.05) is 49.8 Å². The molecule has 6 aliphatic rings. The Bertz CT molecular complexity index is 3460. The van der Waals surface area contributed by atoms with Gasteiger partial charge in [0.15, 0.2) is 49.3 Å². The first-order chi connectivity index (χ1) is 43.2. The van der Waals surface area contributed by atoms with E-state index in [1.54, 1.807) is 0 Å². The molecule has 0 aromatic rings. The van der Waals surface area contributed by atoms with Crippen LogP contribution in [0.15, 0.2) is 0 Å². The van der Waals surface area contributed by atoms with Crippen molar-refractivity contribution in [1.82, 2.24) is 0 Å². The minimum atomic E-state index is -6.51. The second kappa shape index (κ2) is 48.6. The van der Waals surface area contributed by atoms with Crippen molar-refractivity contribution in [2.75, 3.05) is 76.2 Å². The average Bonchev–Trinajstić information content (AvgIpc) is 1.62. The van der Waals surface area contributed by atoms with Crippen molar-refractivity contribution in [3.05, 3.63) is 0 Å². The van der Waals surface area contributed by atoms with Crippen LogP contribution in [0.5, 0.6) is 0 Å². The Morgan fingerprint density at radius 2 is 0.660 bits per heavy atom. The zero-order valence-corrected chi connectivity index (χ0v) is 80.8. The van der Waals surface area contributed by atoms with Gasteiger partial charge in [-0.25, -0.2) is 58.9 Å². The fourth-order valence-electron chi connectivity index (χ4n) is 10.6. The van der Waals surface area contributed by atoms with E-state index < -0.39 is 264 Å². The van der Waals surface area contributed by atoms with E-state index in [-0.39, 0.29) is 266 Å². The van der Waals surface area contributed by atoms with E-state index in [9.17, 15) is 111 Å². The summed E-state index contributed by atoms with van der Waals surface area (Å²) in [7, 11) is -36.5. The number of carboxylic acid groups (broad SMARTS) is 2. The summed E-state index contributed by atoms with van der Waals surface area (Å²) in [5, 5.41) is 26.5. The van der Waals surface area contributed by atoms with Gasteiger partial charge in [0.1, 0.15) is 104 Å². The maximum absolute atomic E-state index is 13.5. The van der Waals surface area contributed by atoms with Gasteiger partial charge >= 0.3 is 266 Å². The molecule has 0 N–H and O–H groups in total. The zero-order valence-electron chi connectivity index (χ0n) is 57.0. The quantitative estimate of drug-likeness (QED) is 0.0328. The van der Waals surface area contributed by atoms with Crippen molar-refractivity contribution in [2.24, 2.45) is 0 Å². The predicted molar refractivity (Wildman–Crippen MR) is 259 cm³/mol. The van der Waals surface area contributed by atoms with Crippen molar-refractivity contribution in [3.63, 3.8) is 0 Å². The summed E-state index contributed by atoms with van der Waals surface area (Å²) in [6.07, 6.45) is -58.5. The molecule has 0 aliphatic carbocycles. The SMILES string of the molecule is CO[C@H]1O[C@H](COS(=O)(=O)[O-])[C@@H](O[C@@H]2O[C@]3(C(=O)[O-])CO[C@@H]([C@@H]2OC)[C@H]3O[C@@H]2O[C@@H](COS(=O)(=O)[O-])[C@H](O[C@H]3O[C@@H](C(=O)[O-])[C@H](O[C@@H]4O[C@@H](COS(=O)(=O)[O-])[C@H](OC)[C@H](OC)[C@H]4OC)[C@H](OC)[C@H]3OC)[C@H](OS(=O)(=O)[O-])[C@H]2OS(=O)(=O)[O-])[C@@H](OS(=O)(=O)[O-])[C@H]1OS(=O)(=O)[O-].[Na+].[Na+].[Na+].[Na+].[Na+].[Na+].[Na+].[Na+].[Na+]. The van der Waals surface area contributed by atoms with Crippen molar-refractivity contribution >= 4 is 84.7 Å². The van der Waals surface area contributed by atoms with Crippen LogP contribution in [0, 0.1) is 0 Å². The van der Waals surface area contributed by atoms with Crippen molar-refractivity contribution in [2.45, 2.75) is 153 Å². The largest absolute Gasteiger partial charge is 1.00 e. The first-order valence-electron chi connectivity index (χ1n) is 25.3. The zero-order chi connectivity index (χ0) is 70.8. The Morgan fingerprint density at radius 1 is 0.350 bits per heavy atom. The van der Waals surface area contributed by atoms with Crippen LogP contribution in [0.2, 0.25) is 0 Å². The molecule has 25 atom stereocenters. The Labute approximate surface area is 787 Å². The molecule has 65 heteroatoms. The van der Waals surface area contributed by atoms with Gasteiger partial charge in [-0.05, 0) is 0 Å². The van der Waals surface area contributed by atoms with E-state index in [0.29, 0.717) is 14.2 Å². The average molecular weight is 1730 g/mol. The number of aliphatic carboxylic acids is 2. The summed E-state index contributed by atoms with van der Waals surface area (Å²) in [5.74, 6) is -4.88. The monoisotopic (exact) mass is 1720 g/mol. The molecule has 103 heavy (non-hydrogen) atoms. The van der Waals surface area contributed by atoms with E-state index in [0.717, 1.165) is 35.5 Å². The van der Waals surface area contributed by atoms with Gasteiger partial charge in [0.05, 0.1) is 38.4 Å². The molecule has 0 radical (unpaired) electrons. The molecule has 0 aromatic carbocycles. The van der Waals surface area contributed by atoms with Crippen LogP contribution in [0.4, 0.5) is 0 Å². The minimum absolute atomic E-state index is 0. The third kappa shape index (κ3) is 32.8. The summed E-state index contributed by atoms with van der Waals surface area (Å²) in [5.41, 5.74) is -3.49. The molecule has 6 saturated heterocycles. The smallest absolute Gasteiger partial charge is 0.726 e. The van der Waals surface area contributed by atoms with Gasteiger partial charge < -0.3 is 132 Å². The third-order valence-corrected chi connectivity index (χ3v) is 17.2. The number of carboxylic acids is 2.